The second-order valence-electron chi connectivity index (χ2n) is 2.83. The van der Waals surface area contributed by atoms with Gasteiger partial charge in [-0.2, -0.15) is 0 Å². The van der Waals surface area contributed by atoms with E-state index in [9.17, 15) is 18.9 Å². The molecule has 1 aromatic heterocycles. The molecule has 0 amide bonds. The van der Waals surface area contributed by atoms with Crippen molar-refractivity contribution in [1.29, 1.82) is 0 Å². The van der Waals surface area contributed by atoms with Crippen LogP contribution in [0, 0.1) is 17.0 Å². The minimum absolute atomic E-state index is 0.209. The first-order chi connectivity index (χ1) is 6.97. The van der Waals surface area contributed by atoms with Crippen LogP contribution in [-0.2, 0) is 5.33 Å². The number of alkyl halides is 3. The summed E-state index contributed by atoms with van der Waals surface area (Å²) in [4.78, 5) is 13.5. The molecular formula is C8H7BrF2N2O2. The number of nitrogens with zero attached hydrogens (tertiary/aromatic N) is 2. The van der Waals surface area contributed by atoms with Gasteiger partial charge < -0.3 is 0 Å². The lowest BCUT2D eigenvalue weighted by Crippen LogP contribution is -2.02. The Bertz CT molecular complexity index is 398. The molecular weight excluding hydrogens is 274 g/mol. The first-order valence-corrected chi connectivity index (χ1v) is 5.08. The maximum absolute atomic E-state index is 12.4. The molecule has 82 valence electrons. The lowest BCUT2D eigenvalue weighted by molar-refractivity contribution is -0.385. The third-order valence-electron chi connectivity index (χ3n) is 1.91. The number of pyridine rings is 1. The maximum atomic E-state index is 12.4. The van der Waals surface area contributed by atoms with Crippen molar-refractivity contribution in [3.05, 3.63) is 33.1 Å². The van der Waals surface area contributed by atoms with Gasteiger partial charge in [-0.15, -0.1) is 0 Å². The van der Waals surface area contributed by atoms with Crippen molar-refractivity contribution in [1.82, 2.24) is 4.98 Å². The Morgan fingerprint density at radius 3 is 2.67 bits per heavy atom. The molecule has 0 aromatic carbocycles. The van der Waals surface area contributed by atoms with Crippen LogP contribution < -0.4 is 0 Å². The van der Waals surface area contributed by atoms with Gasteiger partial charge in [0.2, 0.25) is 0 Å². The number of hydrogen-bond donors (Lipinski definition) is 0. The van der Waals surface area contributed by atoms with Gasteiger partial charge in [0, 0.05) is 17.0 Å². The van der Waals surface area contributed by atoms with Crippen LogP contribution in [0.25, 0.3) is 0 Å². The van der Waals surface area contributed by atoms with Gasteiger partial charge in [0.25, 0.3) is 12.1 Å². The van der Waals surface area contributed by atoms with E-state index in [2.05, 4.69) is 20.9 Å². The minimum atomic E-state index is -2.80. The van der Waals surface area contributed by atoms with Crippen LogP contribution in [0.15, 0.2) is 6.07 Å². The van der Waals surface area contributed by atoms with Crippen molar-refractivity contribution in [3.63, 3.8) is 0 Å². The van der Waals surface area contributed by atoms with Crippen LogP contribution in [0.5, 0.6) is 0 Å². The fourth-order valence-electron chi connectivity index (χ4n) is 1.10. The molecule has 4 nitrogen and oxygen atoms in total. The van der Waals surface area contributed by atoms with E-state index in [1.54, 1.807) is 0 Å². The molecule has 7 heteroatoms. The highest BCUT2D eigenvalue weighted by Crippen LogP contribution is 2.27. The van der Waals surface area contributed by atoms with Gasteiger partial charge in [0.05, 0.1) is 10.6 Å². The highest BCUT2D eigenvalue weighted by atomic mass is 79.9. The van der Waals surface area contributed by atoms with Gasteiger partial charge in [-0.25, -0.2) is 8.78 Å². The summed E-state index contributed by atoms with van der Waals surface area (Å²) in [5.41, 5.74) is -0.322. The second-order valence-corrected chi connectivity index (χ2v) is 3.39. The number of rotatable bonds is 3. The third kappa shape index (κ3) is 2.47. The van der Waals surface area contributed by atoms with Gasteiger partial charge in [0.1, 0.15) is 5.69 Å². The lowest BCUT2D eigenvalue weighted by atomic mass is 10.1. The molecule has 0 aliphatic rings. The monoisotopic (exact) mass is 280 g/mol. The van der Waals surface area contributed by atoms with E-state index in [4.69, 9.17) is 0 Å². The number of halogens is 3. The van der Waals surface area contributed by atoms with Gasteiger partial charge in [0.15, 0.2) is 0 Å². The van der Waals surface area contributed by atoms with E-state index in [1.807, 2.05) is 0 Å². The molecule has 1 rings (SSSR count). The Kier molecular flexibility index (Phi) is 3.67. The fourth-order valence-corrected chi connectivity index (χ4v) is 1.65. The zero-order chi connectivity index (χ0) is 11.6. The number of nitro groups is 1. The van der Waals surface area contributed by atoms with Gasteiger partial charge in [-0.3, -0.25) is 15.1 Å². The van der Waals surface area contributed by atoms with Crippen LogP contribution in [0.2, 0.25) is 0 Å². The second kappa shape index (κ2) is 4.61. The third-order valence-corrected chi connectivity index (χ3v) is 2.44. The molecule has 0 saturated carbocycles. The molecule has 0 spiro atoms. The topological polar surface area (TPSA) is 56.0 Å². The highest BCUT2D eigenvalue weighted by molar-refractivity contribution is 9.08. The molecule has 0 unspecified atom stereocenters. The Morgan fingerprint density at radius 1 is 1.67 bits per heavy atom. The Morgan fingerprint density at radius 2 is 2.27 bits per heavy atom. The first-order valence-electron chi connectivity index (χ1n) is 3.96. The molecule has 0 aliphatic heterocycles. The highest BCUT2D eigenvalue weighted by Gasteiger charge is 2.20. The summed E-state index contributed by atoms with van der Waals surface area (Å²) in [6.45, 7) is 1.48. The summed E-state index contributed by atoms with van der Waals surface area (Å²) in [6, 6.07) is 0.812. The van der Waals surface area contributed by atoms with Crippen molar-refractivity contribution in [3.8, 4) is 0 Å². The maximum Gasteiger partial charge on any atom is 0.280 e. The van der Waals surface area contributed by atoms with E-state index in [0.717, 1.165) is 6.07 Å². The van der Waals surface area contributed by atoms with E-state index < -0.39 is 17.0 Å². The van der Waals surface area contributed by atoms with Gasteiger partial charge in [-0.05, 0) is 6.92 Å². The zero-order valence-corrected chi connectivity index (χ0v) is 9.29. The van der Waals surface area contributed by atoms with E-state index in [0.29, 0.717) is 5.56 Å². The van der Waals surface area contributed by atoms with Crippen molar-refractivity contribution in [2.45, 2.75) is 18.7 Å². The molecule has 0 radical (unpaired) electrons. The molecule has 0 N–H and O–H groups in total. The largest absolute Gasteiger partial charge is 0.280 e. The van der Waals surface area contributed by atoms with Crippen molar-refractivity contribution < 1.29 is 13.7 Å². The van der Waals surface area contributed by atoms with Gasteiger partial charge >= 0.3 is 0 Å². The predicted molar refractivity (Wildman–Crippen MR) is 53.2 cm³/mol. The average molecular weight is 281 g/mol. The first kappa shape index (κ1) is 12.0. The summed E-state index contributed by atoms with van der Waals surface area (Å²) in [7, 11) is 0. The standard InChI is InChI=1S/C8H7BrF2N2O2/c1-4-6(3-9)12-5(8(10)11)2-7(4)13(14)15/h2,8H,3H2,1H3. The molecule has 0 bridgehead atoms. The normalized spacial score (nSPS) is 10.7. The number of hydrogen-bond acceptors (Lipinski definition) is 3. The number of aromatic nitrogens is 1. The molecule has 0 atom stereocenters. The average Bonchev–Trinajstić information content (AvgIpc) is 2.17. The summed E-state index contributed by atoms with van der Waals surface area (Å²) in [5.74, 6) is 0. The molecule has 0 fully saturated rings. The summed E-state index contributed by atoms with van der Waals surface area (Å²) in [6.07, 6.45) is -2.80. The van der Waals surface area contributed by atoms with Crippen LogP contribution >= 0.6 is 15.9 Å². The molecule has 0 aliphatic carbocycles. The van der Waals surface area contributed by atoms with Crippen LogP contribution in [0.3, 0.4) is 0 Å². The van der Waals surface area contributed by atoms with Crippen LogP contribution in [-0.4, -0.2) is 9.91 Å². The fraction of sp³-hybridized carbons (Fsp3) is 0.375. The van der Waals surface area contributed by atoms with Crippen molar-refractivity contribution >= 4 is 21.6 Å². The smallest absolute Gasteiger partial charge is 0.258 e. The van der Waals surface area contributed by atoms with Gasteiger partial charge in [-0.1, -0.05) is 15.9 Å². The van der Waals surface area contributed by atoms with Crippen molar-refractivity contribution in [2.75, 3.05) is 0 Å². The SMILES string of the molecule is Cc1c([N+](=O)[O-])cc(C(F)F)nc1CBr. The van der Waals surface area contributed by atoms with E-state index >= 15 is 0 Å². The quantitative estimate of drug-likeness (QED) is 0.486. The minimum Gasteiger partial charge on any atom is -0.258 e. The van der Waals surface area contributed by atoms with Crippen LogP contribution in [0.1, 0.15) is 23.4 Å². The summed E-state index contributed by atoms with van der Waals surface area (Å²) < 4.78 is 24.7. The Balaban J connectivity index is 3.38. The lowest BCUT2D eigenvalue weighted by Gasteiger charge is -2.05. The molecule has 1 aromatic rings. The van der Waals surface area contributed by atoms with Crippen molar-refractivity contribution in [2.24, 2.45) is 0 Å². The Labute approximate surface area is 92.6 Å². The molecule has 0 saturated heterocycles. The summed E-state index contributed by atoms with van der Waals surface area (Å²) in [5, 5.41) is 10.8. The molecule has 1 heterocycles. The Hall–Kier alpha value is -1.11. The zero-order valence-electron chi connectivity index (χ0n) is 7.71. The van der Waals surface area contributed by atoms with E-state index in [-0.39, 0.29) is 16.7 Å². The predicted octanol–water partition coefficient (Wildman–Crippen LogP) is 3.13. The van der Waals surface area contributed by atoms with E-state index in [1.165, 1.54) is 6.92 Å². The summed E-state index contributed by atoms with van der Waals surface area (Å²) >= 11 is 3.04. The van der Waals surface area contributed by atoms with Crippen LogP contribution in [0.4, 0.5) is 14.5 Å². The molecule has 15 heavy (non-hydrogen) atoms.